The van der Waals surface area contributed by atoms with Crippen molar-refractivity contribution in [2.75, 3.05) is 44.8 Å². The number of fused-ring (bicyclic) bond motifs is 1. The van der Waals surface area contributed by atoms with Gasteiger partial charge >= 0.3 is 0 Å². The predicted octanol–water partition coefficient (Wildman–Crippen LogP) is 3.36. The van der Waals surface area contributed by atoms with Crippen LogP contribution in [-0.2, 0) is 13.6 Å². The Bertz CT molecular complexity index is 1530. The Morgan fingerprint density at radius 1 is 1.18 bits per heavy atom. The molecule has 1 saturated heterocycles. The van der Waals surface area contributed by atoms with Gasteiger partial charge in [-0.3, -0.25) is 4.79 Å². The number of anilines is 1. The number of amides is 1. The van der Waals surface area contributed by atoms with E-state index in [9.17, 15) is 9.90 Å². The van der Waals surface area contributed by atoms with Gasteiger partial charge in [0.15, 0.2) is 5.82 Å². The summed E-state index contributed by atoms with van der Waals surface area (Å²) in [6.45, 7) is 5.97. The summed E-state index contributed by atoms with van der Waals surface area (Å²) in [5.74, 6) is 1.43. The van der Waals surface area contributed by atoms with Crippen molar-refractivity contribution < 1.29 is 14.6 Å². The number of nitrogens with zero attached hydrogens (tertiary/aromatic N) is 5. The van der Waals surface area contributed by atoms with Gasteiger partial charge in [-0.1, -0.05) is 12.1 Å². The Morgan fingerprint density at radius 2 is 2.03 bits per heavy atom. The van der Waals surface area contributed by atoms with E-state index in [1.165, 1.54) is 11.2 Å². The van der Waals surface area contributed by atoms with Crippen LogP contribution in [0.4, 0.5) is 5.69 Å². The molecule has 0 spiro atoms. The van der Waals surface area contributed by atoms with E-state index >= 15 is 0 Å². The number of rotatable bonds is 6. The first-order valence-electron chi connectivity index (χ1n) is 13.4. The second kappa shape index (κ2) is 9.32. The van der Waals surface area contributed by atoms with Gasteiger partial charge in [-0.2, -0.15) is 0 Å². The Balaban J connectivity index is 1.44. The molecule has 4 heterocycles. The number of aromatic nitrogens is 3. The molecule has 2 aliphatic heterocycles. The second-order valence-corrected chi connectivity index (χ2v) is 11.0. The molecule has 200 valence electrons. The number of nitrogens with two attached hydrogens (primary N) is 1. The van der Waals surface area contributed by atoms with Crippen LogP contribution in [0.15, 0.2) is 36.4 Å². The summed E-state index contributed by atoms with van der Waals surface area (Å²) in [4.78, 5) is 22.7. The summed E-state index contributed by atoms with van der Waals surface area (Å²) in [7, 11) is 3.64. The molecule has 0 bridgehead atoms. The molecule has 0 aliphatic carbocycles. The molecule has 0 unspecified atom stereocenters. The Hall–Kier alpha value is -3.56. The number of aryl methyl sites for hydroxylation is 1. The third-order valence-corrected chi connectivity index (χ3v) is 8.06. The van der Waals surface area contributed by atoms with E-state index < -0.39 is 0 Å². The van der Waals surface area contributed by atoms with Crippen LogP contribution in [0.2, 0.25) is 0 Å². The summed E-state index contributed by atoms with van der Waals surface area (Å²) in [6.07, 6.45) is 2.56. The van der Waals surface area contributed by atoms with E-state index in [-0.39, 0.29) is 18.1 Å². The standard InChI is InChI=1S/C29H36N6O3/c1-29(30)9-5-10-34(18-29)28(37)20-15-21-26(24(17-20)38-3)32(2)27(31-21)23-16-19-7-4-8-22-25(19)35(23)13-12-33(22)11-6-14-36/h4,7-8,15-17,36H,5-6,9-14,18,30H2,1-3H3/t29-/m1/s1. The number of methoxy groups -OCH3 is 1. The quantitative estimate of drug-likeness (QED) is 0.408. The molecule has 1 atom stereocenters. The lowest BCUT2D eigenvalue weighted by atomic mass is 9.92. The number of aliphatic hydroxyl groups is 1. The lowest BCUT2D eigenvalue weighted by molar-refractivity contribution is 0.0657. The van der Waals surface area contributed by atoms with Gasteiger partial charge in [0, 0.05) is 62.9 Å². The lowest BCUT2D eigenvalue weighted by Crippen LogP contribution is -2.53. The minimum Gasteiger partial charge on any atom is -0.494 e. The third kappa shape index (κ3) is 4.01. The number of piperidine rings is 1. The smallest absolute Gasteiger partial charge is 0.254 e. The maximum Gasteiger partial charge on any atom is 0.254 e. The molecule has 9 nitrogen and oxygen atoms in total. The zero-order valence-corrected chi connectivity index (χ0v) is 22.4. The van der Waals surface area contributed by atoms with Crippen molar-refractivity contribution in [3.8, 4) is 17.3 Å². The summed E-state index contributed by atoms with van der Waals surface area (Å²) in [5.41, 5.74) is 11.6. The summed E-state index contributed by atoms with van der Waals surface area (Å²) in [5, 5.41) is 10.5. The molecule has 1 amide bonds. The van der Waals surface area contributed by atoms with E-state index in [0.29, 0.717) is 24.4 Å². The zero-order valence-electron chi connectivity index (χ0n) is 22.4. The maximum absolute atomic E-state index is 13.5. The summed E-state index contributed by atoms with van der Waals surface area (Å²) in [6, 6.07) is 12.3. The molecule has 2 aromatic heterocycles. The van der Waals surface area contributed by atoms with Crippen LogP contribution in [0.3, 0.4) is 0 Å². The highest BCUT2D eigenvalue weighted by molar-refractivity contribution is 6.01. The second-order valence-electron chi connectivity index (χ2n) is 11.0. The molecule has 6 rings (SSSR count). The molecular weight excluding hydrogens is 480 g/mol. The number of para-hydroxylation sites is 1. The van der Waals surface area contributed by atoms with Crippen LogP contribution in [0.5, 0.6) is 5.75 Å². The Labute approximate surface area is 222 Å². The molecule has 3 N–H and O–H groups in total. The van der Waals surface area contributed by atoms with Gasteiger partial charge in [-0.25, -0.2) is 4.98 Å². The summed E-state index contributed by atoms with van der Waals surface area (Å²) >= 11 is 0. The van der Waals surface area contributed by atoms with Crippen LogP contribution >= 0.6 is 0 Å². The van der Waals surface area contributed by atoms with Crippen LogP contribution in [0.25, 0.3) is 33.5 Å². The number of hydrogen-bond acceptors (Lipinski definition) is 6. The third-order valence-electron chi connectivity index (χ3n) is 8.06. The number of likely N-dealkylation sites (tertiary alicyclic amines) is 1. The molecule has 1 fully saturated rings. The first-order chi connectivity index (χ1) is 18.3. The van der Waals surface area contributed by atoms with E-state index in [1.54, 1.807) is 7.11 Å². The Morgan fingerprint density at radius 3 is 2.79 bits per heavy atom. The lowest BCUT2D eigenvalue weighted by Gasteiger charge is -2.37. The van der Waals surface area contributed by atoms with Crippen LogP contribution in [0, 0.1) is 0 Å². The number of aliphatic hydroxyl groups excluding tert-OH is 1. The van der Waals surface area contributed by atoms with Crippen molar-refractivity contribution >= 4 is 33.5 Å². The molecule has 2 aliphatic rings. The molecule has 2 aromatic carbocycles. The molecule has 4 aromatic rings. The largest absolute Gasteiger partial charge is 0.494 e. The van der Waals surface area contributed by atoms with Crippen molar-refractivity contribution in [1.82, 2.24) is 19.0 Å². The number of hydrogen-bond donors (Lipinski definition) is 2. The van der Waals surface area contributed by atoms with Crippen LogP contribution < -0.4 is 15.4 Å². The van der Waals surface area contributed by atoms with E-state index in [0.717, 1.165) is 66.8 Å². The highest BCUT2D eigenvalue weighted by atomic mass is 16.5. The molecule has 38 heavy (non-hydrogen) atoms. The van der Waals surface area contributed by atoms with E-state index in [1.807, 2.05) is 31.0 Å². The number of imidazole rings is 1. The van der Waals surface area contributed by atoms with Gasteiger partial charge in [0.05, 0.1) is 29.5 Å². The molecule has 9 heteroatoms. The van der Waals surface area contributed by atoms with Gasteiger partial charge in [0.2, 0.25) is 0 Å². The number of carbonyl (C=O) groups excluding carboxylic acids is 1. The average Bonchev–Trinajstić information content (AvgIpc) is 3.45. The van der Waals surface area contributed by atoms with Crippen molar-refractivity contribution in [2.24, 2.45) is 12.8 Å². The Kier molecular flexibility index (Phi) is 6.07. The van der Waals surface area contributed by atoms with Gasteiger partial charge in [0.1, 0.15) is 11.3 Å². The fourth-order valence-electron chi connectivity index (χ4n) is 6.26. The maximum atomic E-state index is 13.5. The van der Waals surface area contributed by atoms with E-state index in [2.05, 4.69) is 38.3 Å². The van der Waals surface area contributed by atoms with Gasteiger partial charge < -0.3 is 34.5 Å². The van der Waals surface area contributed by atoms with Crippen molar-refractivity contribution in [3.05, 3.63) is 42.0 Å². The highest BCUT2D eigenvalue weighted by Crippen LogP contribution is 2.39. The number of ether oxygens (including phenoxy) is 1. The first-order valence-corrected chi connectivity index (χ1v) is 13.4. The fraction of sp³-hybridized carbons (Fsp3) is 0.448. The van der Waals surface area contributed by atoms with Crippen molar-refractivity contribution in [3.63, 3.8) is 0 Å². The SMILES string of the molecule is COc1cc(C(=O)N2CCC[C@@](C)(N)C2)cc2nc(-c3cc4cccc5c4n3CCN5CCCO)n(C)c12. The van der Waals surface area contributed by atoms with Crippen LogP contribution in [-0.4, -0.2) is 75.5 Å². The fourth-order valence-corrected chi connectivity index (χ4v) is 6.26. The molecule has 0 radical (unpaired) electrons. The molecule has 0 saturated carbocycles. The number of carbonyl (C=O) groups is 1. The minimum atomic E-state index is -0.370. The van der Waals surface area contributed by atoms with Crippen molar-refractivity contribution in [2.45, 2.75) is 38.3 Å². The van der Waals surface area contributed by atoms with Gasteiger partial charge in [-0.05, 0) is 50.5 Å². The average molecular weight is 517 g/mol. The highest BCUT2D eigenvalue weighted by Gasteiger charge is 2.31. The van der Waals surface area contributed by atoms with Gasteiger partial charge in [-0.15, -0.1) is 0 Å². The normalized spacial score (nSPS) is 19.5. The van der Waals surface area contributed by atoms with E-state index in [4.69, 9.17) is 15.5 Å². The zero-order chi connectivity index (χ0) is 26.6. The van der Waals surface area contributed by atoms with Crippen molar-refractivity contribution in [1.29, 1.82) is 0 Å². The summed E-state index contributed by atoms with van der Waals surface area (Å²) < 4.78 is 10.2. The minimum absolute atomic E-state index is 0.0371. The monoisotopic (exact) mass is 516 g/mol. The van der Waals surface area contributed by atoms with Crippen LogP contribution in [0.1, 0.15) is 36.5 Å². The van der Waals surface area contributed by atoms with Gasteiger partial charge in [0.25, 0.3) is 5.91 Å². The topological polar surface area (TPSA) is 102 Å². The first kappa shape index (κ1) is 24.8. The molecular formula is C29H36N6O3. The predicted molar refractivity (Wildman–Crippen MR) is 150 cm³/mol. The number of benzene rings is 2.